The van der Waals surface area contributed by atoms with E-state index in [-0.39, 0.29) is 10.8 Å². The molecule has 0 spiro atoms. The minimum Gasteiger partial charge on any atom is -0.494 e. The number of rotatable bonds is 6. The Labute approximate surface area is 163 Å². The molecule has 8 nitrogen and oxygen atoms in total. The molecular weight excluding hydrogens is 382 g/mol. The Morgan fingerprint density at radius 2 is 1.89 bits per heavy atom. The van der Waals surface area contributed by atoms with Crippen LogP contribution in [0.2, 0.25) is 0 Å². The average Bonchev–Trinajstić information content (AvgIpc) is 3.41. The molecule has 0 aliphatic carbocycles. The van der Waals surface area contributed by atoms with E-state index in [9.17, 15) is 8.42 Å². The molecule has 3 heterocycles. The van der Waals surface area contributed by atoms with Gasteiger partial charge in [0.25, 0.3) is 5.89 Å². The summed E-state index contributed by atoms with van der Waals surface area (Å²) in [6, 6.07) is 10.0. The average molecular weight is 403 g/mol. The lowest BCUT2D eigenvalue weighted by atomic mass is 9.98. The van der Waals surface area contributed by atoms with Gasteiger partial charge in [-0.1, -0.05) is 0 Å². The van der Waals surface area contributed by atoms with Crippen molar-refractivity contribution < 1.29 is 22.0 Å². The van der Waals surface area contributed by atoms with Crippen LogP contribution >= 0.6 is 0 Å². The lowest BCUT2D eigenvalue weighted by Crippen LogP contribution is -2.37. The van der Waals surface area contributed by atoms with Crippen LogP contribution in [-0.4, -0.2) is 42.6 Å². The summed E-state index contributed by atoms with van der Waals surface area (Å²) in [5.41, 5.74) is 0. The van der Waals surface area contributed by atoms with Crippen molar-refractivity contribution in [1.29, 1.82) is 0 Å². The lowest BCUT2D eigenvalue weighted by molar-refractivity contribution is 0.290. The van der Waals surface area contributed by atoms with Crippen LogP contribution < -0.4 is 4.74 Å². The summed E-state index contributed by atoms with van der Waals surface area (Å²) in [7, 11) is -3.53. The van der Waals surface area contributed by atoms with Crippen LogP contribution in [0.4, 0.5) is 0 Å². The second-order valence-corrected chi connectivity index (χ2v) is 8.44. The predicted octanol–water partition coefficient (Wildman–Crippen LogP) is 3.30. The number of benzene rings is 1. The summed E-state index contributed by atoms with van der Waals surface area (Å²) < 4.78 is 43.6. The van der Waals surface area contributed by atoms with Gasteiger partial charge in [-0.15, -0.1) is 10.2 Å². The quantitative estimate of drug-likeness (QED) is 0.623. The molecule has 4 rings (SSSR count). The molecule has 0 saturated carbocycles. The van der Waals surface area contributed by atoms with E-state index in [1.165, 1.54) is 4.31 Å². The Morgan fingerprint density at radius 1 is 1.14 bits per heavy atom. The van der Waals surface area contributed by atoms with Crippen molar-refractivity contribution in [2.24, 2.45) is 0 Å². The number of nitrogens with zero attached hydrogens (tertiary/aromatic N) is 3. The second kappa shape index (κ2) is 7.76. The first-order chi connectivity index (χ1) is 13.6. The third-order valence-electron chi connectivity index (χ3n) is 4.75. The van der Waals surface area contributed by atoms with E-state index in [2.05, 4.69) is 10.2 Å². The van der Waals surface area contributed by atoms with Crippen molar-refractivity contribution in [3.05, 3.63) is 48.6 Å². The maximum atomic E-state index is 12.9. The molecule has 1 saturated heterocycles. The topological polar surface area (TPSA) is 98.7 Å². The molecule has 1 fully saturated rings. The van der Waals surface area contributed by atoms with Gasteiger partial charge < -0.3 is 13.6 Å². The largest absolute Gasteiger partial charge is 0.494 e. The highest BCUT2D eigenvalue weighted by Gasteiger charge is 2.32. The van der Waals surface area contributed by atoms with E-state index in [1.807, 2.05) is 6.92 Å². The Bertz CT molecular complexity index is 1000. The molecule has 2 aromatic heterocycles. The van der Waals surface area contributed by atoms with Gasteiger partial charge in [0.15, 0.2) is 5.76 Å². The number of ether oxygens (including phenoxy) is 1. The molecule has 148 valence electrons. The first-order valence-electron chi connectivity index (χ1n) is 9.18. The predicted molar refractivity (Wildman–Crippen MR) is 100 cm³/mol. The molecule has 1 aliphatic heterocycles. The number of hydrogen-bond acceptors (Lipinski definition) is 7. The summed E-state index contributed by atoms with van der Waals surface area (Å²) in [4.78, 5) is 0.271. The Kier molecular flexibility index (Phi) is 5.19. The Morgan fingerprint density at radius 3 is 2.54 bits per heavy atom. The molecule has 0 amide bonds. The van der Waals surface area contributed by atoms with Crippen LogP contribution in [0.25, 0.3) is 11.7 Å². The van der Waals surface area contributed by atoms with Crippen molar-refractivity contribution in [1.82, 2.24) is 14.5 Å². The van der Waals surface area contributed by atoms with Crippen LogP contribution in [-0.2, 0) is 10.0 Å². The van der Waals surface area contributed by atoms with Crippen molar-refractivity contribution in [2.45, 2.75) is 30.6 Å². The summed E-state index contributed by atoms with van der Waals surface area (Å²) in [5.74, 6) is 2.06. The SMILES string of the molecule is CCOc1ccc(S(=O)(=O)N2CCC(c3nnc(-c4ccco4)o3)CC2)cc1. The van der Waals surface area contributed by atoms with Crippen LogP contribution in [0.1, 0.15) is 31.6 Å². The van der Waals surface area contributed by atoms with Crippen molar-refractivity contribution >= 4 is 10.0 Å². The molecule has 28 heavy (non-hydrogen) atoms. The molecule has 1 aromatic carbocycles. The molecule has 0 N–H and O–H groups in total. The highest BCUT2D eigenvalue weighted by atomic mass is 32.2. The molecule has 9 heteroatoms. The standard InChI is InChI=1S/C19H21N3O5S/c1-2-25-15-5-7-16(8-6-15)28(23,24)22-11-9-14(10-12-22)18-20-21-19(27-18)17-4-3-13-26-17/h3-8,13-14H,2,9-12H2,1H3. The molecule has 0 unspecified atom stereocenters. The molecule has 0 bridgehead atoms. The van der Waals surface area contributed by atoms with Crippen molar-refractivity contribution in [3.63, 3.8) is 0 Å². The summed E-state index contributed by atoms with van der Waals surface area (Å²) in [6.45, 7) is 3.23. The van der Waals surface area contributed by atoms with Gasteiger partial charge >= 0.3 is 0 Å². The van der Waals surface area contributed by atoms with Crippen LogP contribution in [0, 0.1) is 0 Å². The van der Waals surface area contributed by atoms with Gasteiger partial charge in [-0.05, 0) is 56.2 Å². The van der Waals surface area contributed by atoms with E-state index in [4.69, 9.17) is 13.6 Å². The minimum absolute atomic E-state index is 0.0305. The molecule has 3 aromatic rings. The number of hydrogen-bond donors (Lipinski definition) is 0. The lowest BCUT2D eigenvalue weighted by Gasteiger charge is -2.29. The van der Waals surface area contributed by atoms with Gasteiger partial charge in [0.1, 0.15) is 5.75 Å². The molecular formula is C19H21N3O5S. The number of aromatic nitrogens is 2. The smallest absolute Gasteiger partial charge is 0.283 e. The number of furan rings is 1. The normalized spacial score (nSPS) is 16.3. The Hall–Kier alpha value is -2.65. The molecule has 1 aliphatic rings. The third kappa shape index (κ3) is 3.67. The monoisotopic (exact) mass is 403 g/mol. The highest BCUT2D eigenvalue weighted by molar-refractivity contribution is 7.89. The van der Waals surface area contributed by atoms with Crippen LogP contribution in [0.15, 0.2) is 56.4 Å². The van der Waals surface area contributed by atoms with Crippen molar-refractivity contribution in [3.8, 4) is 17.4 Å². The summed E-state index contributed by atoms with van der Waals surface area (Å²) >= 11 is 0. The fraction of sp³-hybridized carbons (Fsp3) is 0.368. The third-order valence-corrected chi connectivity index (χ3v) is 6.66. The zero-order valence-electron chi connectivity index (χ0n) is 15.4. The fourth-order valence-corrected chi connectivity index (χ4v) is 4.74. The van der Waals surface area contributed by atoms with Gasteiger partial charge in [-0.2, -0.15) is 4.31 Å². The van der Waals surface area contributed by atoms with E-state index in [1.54, 1.807) is 42.7 Å². The second-order valence-electron chi connectivity index (χ2n) is 6.51. The summed E-state index contributed by atoms with van der Waals surface area (Å²) in [5, 5.41) is 8.13. The number of piperidine rings is 1. The van der Waals surface area contributed by atoms with Gasteiger partial charge in [-0.25, -0.2) is 8.42 Å². The highest BCUT2D eigenvalue weighted by Crippen LogP contribution is 2.32. The van der Waals surface area contributed by atoms with Gasteiger partial charge in [-0.3, -0.25) is 0 Å². The fourth-order valence-electron chi connectivity index (χ4n) is 3.27. The first kappa shape index (κ1) is 18.7. The minimum atomic E-state index is -3.53. The first-order valence-corrected chi connectivity index (χ1v) is 10.6. The van der Waals surface area contributed by atoms with E-state index in [0.29, 0.717) is 55.8 Å². The zero-order chi connectivity index (χ0) is 19.6. The van der Waals surface area contributed by atoms with E-state index >= 15 is 0 Å². The Balaban J connectivity index is 1.42. The summed E-state index contributed by atoms with van der Waals surface area (Å²) in [6.07, 6.45) is 2.79. The maximum absolute atomic E-state index is 12.9. The number of sulfonamides is 1. The molecule has 0 radical (unpaired) electrons. The van der Waals surface area contributed by atoms with E-state index < -0.39 is 10.0 Å². The van der Waals surface area contributed by atoms with Crippen molar-refractivity contribution in [2.75, 3.05) is 19.7 Å². The maximum Gasteiger partial charge on any atom is 0.283 e. The zero-order valence-corrected chi connectivity index (χ0v) is 16.3. The van der Waals surface area contributed by atoms with Crippen LogP contribution in [0.3, 0.4) is 0 Å². The van der Waals surface area contributed by atoms with Gasteiger partial charge in [0.05, 0.1) is 17.8 Å². The van der Waals surface area contributed by atoms with E-state index in [0.717, 1.165) is 0 Å². The van der Waals surface area contributed by atoms with Gasteiger partial charge in [0.2, 0.25) is 15.9 Å². The molecule has 0 atom stereocenters. The van der Waals surface area contributed by atoms with Gasteiger partial charge in [0, 0.05) is 19.0 Å². The van der Waals surface area contributed by atoms with Crippen LogP contribution in [0.5, 0.6) is 5.75 Å².